The second kappa shape index (κ2) is 7.04. The lowest BCUT2D eigenvalue weighted by atomic mass is 10.1. The van der Waals surface area contributed by atoms with Crippen molar-refractivity contribution < 1.29 is 4.79 Å². The fraction of sp³-hybridized carbons (Fsp3) is 0.250. The number of nitrogens with two attached hydrogens (primary N) is 1. The van der Waals surface area contributed by atoms with Crippen LogP contribution in [0.2, 0.25) is 0 Å². The molecule has 5 heteroatoms. The van der Waals surface area contributed by atoms with E-state index in [0.717, 1.165) is 22.9 Å². The first-order chi connectivity index (χ1) is 10.1. The highest BCUT2D eigenvalue weighted by Gasteiger charge is 2.12. The van der Waals surface area contributed by atoms with Crippen LogP contribution in [0.15, 0.2) is 42.5 Å². The molecule has 0 aromatic heterocycles. The molecule has 0 spiro atoms. The fourth-order valence-electron chi connectivity index (χ4n) is 2.22. The van der Waals surface area contributed by atoms with Crippen LogP contribution in [0, 0.1) is 0 Å². The Morgan fingerprint density at radius 2 is 1.95 bits per heavy atom. The molecule has 0 aliphatic rings. The van der Waals surface area contributed by atoms with E-state index in [-0.39, 0.29) is 12.1 Å². The lowest BCUT2D eigenvalue weighted by Crippen LogP contribution is -2.39. The zero-order valence-corrected chi connectivity index (χ0v) is 12.7. The van der Waals surface area contributed by atoms with Crippen LogP contribution in [0.1, 0.15) is 19.8 Å². The molecule has 0 saturated heterocycles. The van der Waals surface area contributed by atoms with Crippen molar-refractivity contribution in [3.63, 3.8) is 0 Å². The summed E-state index contributed by atoms with van der Waals surface area (Å²) in [6.45, 7) is 1.99. The third-order valence-electron chi connectivity index (χ3n) is 3.31. The van der Waals surface area contributed by atoms with Gasteiger partial charge in [-0.3, -0.25) is 0 Å². The Hall–Kier alpha value is -2.14. The van der Waals surface area contributed by atoms with Crippen LogP contribution in [0.5, 0.6) is 0 Å². The van der Waals surface area contributed by atoms with Gasteiger partial charge < -0.3 is 16.4 Å². The smallest absolute Gasteiger partial charge is 0.319 e. The van der Waals surface area contributed by atoms with Crippen molar-refractivity contribution in [2.75, 3.05) is 5.32 Å². The lowest BCUT2D eigenvalue weighted by Gasteiger charge is -2.17. The van der Waals surface area contributed by atoms with Crippen molar-refractivity contribution in [3.8, 4) is 0 Å². The molecular weight excluding hydrogens is 282 g/mol. The molecule has 0 saturated carbocycles. The summed E-state index contributed by atoms with van der Waals surface area (Å²) in [5, 5.41) is 7.88. The summed E-state index contributed by atoms with van der Waals surface area (Å²) in [6, 6.07) is 13.5. The molecule has 0 bridgehead atoms. The molecule has 0 aliphatic heterocycles. The first kappa shape index (κ1) is 15.3. The van der Waals surface area contributed by atoms with E-state index in [1.165, 1.54) is 0 Å². The molecule has 2 aromatic carbocycles. The van der Waals surface area contributed by atoms with Crippen LogP contribution < -0.4 is 16.4 Å². The normalized spacial score (nSPS) is 11.9. The first-order valence-corrected chi connectivity index (χ1v) is 7.34. The van der Waals surface area contributed by atoms with Crippen molar-refractivity contribution >= 4 is 39.7 Å². The summed E-state index contributed by atoms with van der Waals surface area (Å²) in [4.78, 5) is 12.5. The van der Waals surface area contributed by atoms with Gasteiger partial charge in [-0.2, -0.15) is 0 Å². The second-order valence-corrected chi connectivity index (χ2v) is 5.43. The van der Waals surface area contributed by atoms with Crippen molar-refractivity contribution in [1.82, 2.24) is 5.32 Å². The van der Waals surface area contributed by atoms with Crippen LogP contribution in [-0.4, -0.2) is 17.1 Å². The topological polar surface area (TPSA) is 67.1 Å². The van der Waals surface area contributed by atoms with Gasteiger partial charge in [0.1, 0.15) is 0 Å². The number of fused-ring (bicyclic) bond motifs is 1. The van der Waals surface area contributed by atoms with Gasteiger partial charge in [-0.15, -0.1) is 0 Å². The van der Waals surface area contributed by atoms with Crippen molar-refractivity contribution in [1.29, 1.82) is 0 Å². The minimum atomic E-state index is -0.241. The van der Waals surface area contributed by atoms with E-state index in [2.05, 4.69) is 10.6 Å². The predicted molar refractivity (Wildman–Crippen MR) is 91.6 cm³/mol. The Labute approximate surface area is 129 Å². The van der Waals surface area contributed by atoms with Gasteiger partial charge in [-0.05, 0) is 17.9 Å². The Balaban J connectivity index is 2.09. The number of rotatable bonds is 5. The molecule has 0 heterocycles. The van der Waals surface area contributed by atoms with Gasteiger partial charge in [-0.25, -0.2) is 4.79 Å². The van der Waals surface area contributed by atoms with E-state index in [1.807, 2.05) is 49.4 Å². The maximum Gasteiger partial charge on any atom is 0.319 e. The Kier molecular flexibility index (Phi) is 5.11. The molecule has 2 rings (SSSR count). The van der Waals surface area contributed by atoms with E-state index in [1.54, 1.807) is 0 Å². The molecule has 4 nitrogen and oxygen atoms in total. The van der Waals surface area contributed by atoms with Gasteiger partial charge in [0.05, 0.1) is 10.7 Å². The predicted octanol–water partition coefficient (Wildman–Crippen LogP) is 3.42. The number of urea groups is 1. The minimum absolute atomic E-state index is 0.0440. The molecule has 1 unspecified atom stereocenters. The average molecular weight is 301 g/mol. The Morgan fingerprint density at radius 3 is 2.67 bits per heavy atom. The van der Waals surface area contributed by atoms with Crippen molar-refractivity contribution in [3.05, 3.63) is 42.5 Å². The van der Waals surface area contributed by atoms with E-state index < -0.39 is 0 Å². The van der Waals surface area contributed by atoms with Gasteiger partial charge in [-0.1, -0.05) is 55.5 Å². The summed E-state index contributed by atoms with van der Waals surface area (Å²) < 4.78 is 0. The lowest BCUT2D eigenvalue weighted by molar-refractivity contribution is 0.248. The molecule has 4 N–H and O–H groups in total. The summed E-state index contributed by atoms with van der Waals surface area (Å²) in [6.07, 6.45) is 1.29. The highest BCUT2D eigenvalue weighted by atomic mass is 32.1. The standard InChI is InChI=1S/C16H19N3OS/c1-2-12(10-15(17)21)18-16(20)19-14-9-5-7-11-6-3-4-8-13(11)14/h3-9,12H,2,10H2,1H3,(H2,17,21)(H2,18,19,20). The first-order valence-electron chi connectivity index (χ1n) is 6.93. The number of benzene rings is 2. The van der Waals surface area contributed by atoms with Crippen LogP contribution in [0.3, 0.4) is 0 Å². The Bertz CT molecular complexity index is 652. The number of carbonyl (C=O) groups is 1. The Morgan fingerprint density at radius 1 is 1.24 bits per heavy atom. The van der Waals surface area contributed by atoms with Crippen LogP contribution in [-0.2, 0) is 0 Å². The van der Waals surface area contributed by atoms with E-state index in [0.29, 0.717) is 11.4 Å². The number of thiocarbonyl (C=S) groups is 1. The minimum Gasteiger partial charge on any atom is -0.393 e. The molecule has 1 atom stereocenters. The van der Waals surface area contributed by atoms with E-state index in [4.69, 9.17) is 18.0 Å². The van der Waals surface area contributed by atoms with Crippen molar-refractivity contribution in [2.45, 2.75) is 25.8 Å². The molecular formula is C16H19N3OS. The maximum absolute atomic E-state index is 12.1. The maximum atomic E-state index is 12.1. The highest BCUT2D eigenvalue weighted by Crippen LogP contribution is 2.22. The SMILES string of the molecule is CCC(CC(N)=S)NC(=O)Nc1cccc2ccccc12. The molecule has 2 aromatic rings. The number of carbonyl (C=O) groups excluding carboxylic acids is 1. The molecule has 0 aliphatic carbocycles. The third-order valence-corrected chi connectivity index (χ3v) is 3.48. The van der Waals surface area contributed by atoms with Gasteiger partial charge >= 0.3 is 6.03 Å². The monoisotopic (exact) mass is 301 g/mol. The van der Waals surface area contributed by atoms with Gasteiger partial charge in [0.25, 0.3) is 0 Å². The highest BCUT2D eigenvalue weighted by molar-refractivity contribution is 7.80. The zero-order chi connectivity index (χ0) is 15.2. The molecule has 0 radical (unpaired) electrons. The number of amides is 2. The summed E-state index contributed by atoms with van der Waals surface area (Å²) in [7, 11) is 0. The summed E-state index contributed by atoms with van der Waals surface area (Å²) >= 11 is 4.89. The second-order valence-electron chi connectivity index (χ2n) is 4.90. The number of anilines is 1. The third kappa shape index (κ3) is 4.16. The van der Waals surface area contributed by atoms with Crippen LogP contribution in [0.25, 0.3) is 10.8 Å². The average Bonchev–Trinajstić information content (AvgIpc) is 2.46. The van der Waals surface area contributed by atoms with Crippen molar-refractivity contribution in [2.24, 2.45) is 5.73 Å². The summed E-state index contributed by atoms with van der Waals surface area (Å²) in [5.41, 5.74) is 6.32. The van der Waals surface area contributed by atoms with Gasteiger partial charge in [0, 0.05) is 17.8 Å². The molecule has 21 heavy (non-hydrogen) atoms. The quantitative estimate of drug-likeness (QED) is 0.741. The molecule has 2 amide bonds. The number of nitrogens with one attached hydrogen (secondary N) is 2. The molecule has 0 fully saturated rings. The largest absolute Gasteiger partial charge is 0.393 e. The number of hydrogen-bond donors (Lipinski definition) is 3. The number of hydrogen-bond acceptors (Lipinski definition) is 2. The summed E-state index contributed by atoms with van der Waals surface area (Å²) in [5.74, 6) is 0. The van der Waals surface area contributed by atoms with Crippen LogP contribution >= 0.6 is 12.2 Å². The fourth-order valence-corrected chi connectivity index (χ4v) is 2.42. The van der Waals surface area contributed by atoms with Gasteiger partial charge in [0.2, 0.25) is 0 Å². The van der Waals surface area contributed by atoms with E-state index >= 15 is 0 Å². The molecule has 110 valence electrons. The zero-order valence-electron chi connectivity index (χ0n) is 11.9. The van der Waals surface area contributed by atoms with E-state index in [9.17, 15) is 4.79 Å². The van der Waals surface area contributed by atoms with Crippen LogP contribution in [0.4, 0.5) is 10.5 Å². The van der Waals surface area contributed by atoms with Gasteiger partial charge in [0.15, 0.2) is 0 Å².